The Balaban J connectivity index is 2.35. The molecule has 1 atom stereocenters. The minimum atomic E-state index is -4.13. The van der Waals surface area contributed by atoms with Crippen molar-refractivity contribution in [2.75, 3.05) is 0 Å². The fourth-order valence-electron chi connectivity index (χ4n) is 1.94. The van der Waals surface area contributed by atoms with Crippen LogP contribution in [0.25, 0.3) is 0 Å². The third-order valence-corrected chi connectivity index (χ3v) is 4.85. The highest BCUT2D eigenvalue weighted by Gasteiger charge is 2.23. The van der Waals surface area contributed by atoms with E-state index in [1.807, 2.05) is 0 Å². The molecule has 1 N–H and O–H groups in total. The van der Waals surface area contributed by atoms with Gasteiger partial charge in [-0.1, -0.05) is 30.3 Å². The van der Waals surface area contributed by atoms with Crippen molar-refractivity contribution in [3.8, 4) is 0 Å². The predicted molar refractivity (Wildman–Crippen MR) is 81.8 cm³/mol. The Hall–Kier alpha value is -1.76. The van der Waals surface area contributed by atoms with E-state index in [9.17, 15) is 17.6 Å². The van der Waals surface area contributed by atoms with Crippen LogP contribution < -0.4 is 4.72 Å². The van der Waals surface area contributed by atoms with Crippen LogP contribution in [0.15, 0.2) is 53.4 Å². The number of sulfonamides is 1. The predicted octanol–water partition coefficient (Wildman–Crippen LogP) is 3.24. The van der Waals surface area contributed by atoms with Crippen LogP contribution in [0.2, 0.25) is 0 Å². The average Bonchev–Trinajstić information content (AvgIpc) is 2.47. The summed E-state index contributed by atoms with van der Waals surface area (Å²) in [5.74, 6) is -0.950. The van der Waals surface area contributed by atoms with Crippen LogP contribution in [-0.2, 0) is 10.0 Å². The fourth-order valence-corrected chi connectivity index (χ4v) is 3.39. The van der Waals surface area contributed by atoms with Crippen LogP contribution in [0.5, 0.6) is 0 Å². The Bertz CT molecular complexity index is 794. The molecule has 0 aromatic heterocycles. The van der Waals surface area contributed by atoms with E-state index in [0.29, 0.717) is 0 Å². The number of carbonyl (C=O) groups is 1. The summed E-state index contributed by atoms with van der Waals surface area (Å²) in [5.41, 5.74) is 0.645. The molecule has 0 amide bonds. The lowest BCUT2D eigenvalue weighted by Crippen LogP contribution is -2.27. The number of carbonyl (C=O) groups excluding carboxylic acids is 1. The summed E-state index contributed by atoms with van der Waals surface area (Å²) in [5, 5.41) is -0.854. The molecule has 0 aliphatic rings. The molecule has 2 rings (SSSR count). The van der Waals surface area contributed by atoms with Crippen LogP contribution in [0.1, 0.15) is 28.9 Å². The van der Waals surface area contributed by atoms with Crippen molar-refractivity contribution in [2.24, 2.45) is 0 Å². The largest absolute Gasteiger partial charge is 0.276 e. The van der Waals surface area contributed by atoms with Crippen LogP contribution in [0, 0.1) is 5.82 Å². The van der Waals surface area contributed by atoms with E-state index in [0.717, 1.165) is 23.8 Å². The summed E-state index contributed by atoms with van der Waals surface area (Å²) in [7, 11) is -4.13. The van der Waals surface area contributed by atoms with Gasteiger partial charge >= 0.3 is 0 Å². The van der Waals surface area contributed by atoms with Crippen molar-refractivity contribution in [1.82, 2.24) is 4.72 Å². The molecule has 0 radical (unpaired) electrons. The first-order chi connectivity index (χ1) is 10.3. The first-order valence-electron chi connectivity index (χ1n) is 6.38. The molecular formula is C15H13ClFNO3S. The maximum Gasteiger partial charge on any atom is 0.252 e. The van der Waals surface area contributed by atoms with Crippen LogP contribution in [-0.4, -0.2) is 13.7 Å². The molecule has 22 heavy (non-hydrogen) atoms. The zero-order chi connectivity index (χ0) is 16.3. The zero-order valence-corrected chi connectivity index (χ0v) is 13.2. The highest BCUT2D eigenvalue weighted by atomic mass is 35.5. The molecule has 1 unspecified atom stereocenters. The normalized spacial score (nSPS) is 12.9. The quantitative estimate of drug-likeness (QED) is 0.849. The van der Waals surface area contributed by atoms with Gasteiger partial charge in [-0.2, -0.15) is 0 Å². The summed E-state index contributed by atoms with van der Waals surface area (Å²) < 4.78 is 40.8. The monoisotopic (exact) mass is 341 g/mol. The lowest BCUT2D eigenvalue weighted by atomic mass is 10.1. The molecule has 0 fully saturated rings. The van der Waals surface area contributed by atoms with Crippen molar-refractivity contribution < 1.29 is 17.6 Å². The van der Waals surface area contributed by atoms with Gasteiger partial charge in [0.15, 0.2) is 0 Å². The van der Waals surface area contributed by atoms with E-state index in [1.54, 1.807) is 37.3 Å². The molecular weight excluding hydrogens is 329 g/mol. The average molecular weight is 342 g/mol. The van der Waals surface area contributed by atoms with Gasteiger partial charge in [0.05, 0.1) is 0 Å². The van der Waals surface area contributed by atoms with Gasteiger partial charge in [-0.05, 0) is 42.3 Å². The molecule has 0 saturated heterocycles. The van der Waals surface area contributed by atoms with Gasteiger partial charge in [-0.3, -0.25) is 4.79 Å². The number of hydrogen-bond acceptors (Lipinski definition) is 3. The molecule has 7 heteroatoms. The second-order valence-corrected chi connectivity index (χ2v) is 6.70. The second kappa shape index (κ2) is 6.56. The third-order valence-electron chi connectivity index (χ3n) is 3.08. The molecule has 0 heterocycles. The first-order valence-corrected chi connectivity index (χ1v) is 8.24. The van der Waals surface area contributed by atoms with Gasteiger partial charge in [0.2, 0.25) is 10.0 Å². The van der Waals surface area contributed by atoms with Crippen molar-refractivity contribution in [1.29, 1.82) is 0 Å². The summed E-state index contributed by atoms with van der Waals surface area (Å²) in [4.78, 5) is 10.5. The maximum atomic E-state index is 13.8. The molecule has 2 aromatic rings. The Morgan fingerprint density at radius 1 is 1.18 bits per heavy atom. The van der Waals surface area contributed by atoms with Gasteiger partial charge in [0, 0.05) is 11.6 Å². The molecule has 116 valence electrons. The number of benzene rings is 2. The lowest BCUT2D eigenvalue weighted by molar-refractivity contribution is 0.108. The van der Waals surface area contributed by atoms with Crippen molar-refractivity contribution >= 4 is 26.9 Å². The van der Waals surface area contributed by atoms with Crippen LogP contribution in [0.4, 0.5) is 4.39 Å². The molecule has 0 spiro atoms. The van der Waals surface area contributed by atoms with Gasteiger partial charge < -0.3 is 0 Å². The highest BCUT2D eigenvalue weighted by molar-refractivity contribution is 7.89. The fraction of sp³-hybridized carbons (Fsp3) is 0.133. The second-order valence-electron chi connectivity index (χ2n) is 4.67. The smallest absolute Gasteiger partial charge is 0.252 e. The topological polar surface area (TPSA) is 63.2 Å². The third kappa shape index (κ3) is 3.71. The SMILES string of the molecule is CC(NS(=O)(=O)c1cc(C(=O)Cl)ccc1F)c1ccccc1. The number of nitrogens with one attached hydrogen (secondary N) is 1. The van der Waals surface area contributed by atoms with Crippen molar-refractivity contribution in [3.05, 3.63) is 65.5 Å². The standard InChI is InChI=1S/C15H13ClFNO3S/c1-10(11-5-3-2-4-6-11)18-22(20,21)14-9-12(15(16)19)7-8-13(14)17/h2-10,18H,1H3. The van der Waals surface area contributed by atoms with Gasteiger partial charge in [0.25, 0.3) is 5.24 Å². The lowest BCUT2D eigenvalue weighted by Gasteiger charge is -2.15. The Morgan fingerprint density at radius 3 is 2.41 bits per heavy atom. The zero-order valence-electron chi connectivity index (χ0n) is 11.6. The Morgan fingerprint density at radius 2 is 1.82 bits per heavy atom. The van der Waals surface area contributed by atoms with Crippen molar-refractivity contribution in [2.45, 2.75) is 17.9 Å². The summed E-state index contributed by atoms with van der Waals surface area (Å²) in [6.45, 7) is 1.64. The summed E-state index contributed by atoms with van der Waals surface area (Å²) >= 11 is 5.30. The van der Waals surface area contributed by atoms with E-state index >= 15 is 0 Å². The minimum Gasteiger partial charge on any atom is -0.276 e. The van der Waals surface area contributed by atoms with Crippen LogP contribution >= 0.6 is 11.6 Å². The van der Waals surface area contributed by atoms with E-state index in [2.05, 4.69) is 4.72 Å². The Labute approximate surface area is 133 Å². The highest BCUT2D eigenvalue weighted by Crippen LogP contribution is 2.21. The van der Waals surface area contributed by atoms with Gasteiger partial charge in [-0.25, -0.2) is 17.5 Å². The van der Waals surface area contributed by atoms with Gasteiger partial charge in [0.1, 0.15) is 10.7 Å². The maximum absolute atomic E-state index is 13.8. The van der Waals surface area contributed by atoms with E-state index < -0.39 is 32.0 Å². The number of hydrogen-bond donors (Lipinski definition) is 1. The molecule has 4 nitrogen and oxygen atoms in total. The van der Waals surface area contributed by atoms with E-state index in [4.69, 9.17) is 11.6 Å². The first kappa shape index (κ1) is 16.6. The molecule has 0 bridgehead atoms. The summed E-state index contributed by atoms with van der Waals surface area (Å²) in [6, 6.07) is 11.2. The van der Waals surface area contributed by atoms with Crippen LogP contribution in [0.3, 0.4) is 0 Å². The number of rotatable bonds is 5. The van der Waals surface area contributed by atoms with Gasteiger partial charge in [-0.15, -0.1) is 0 Å². The molecule has 2 aromatic carbocycles. The minimum absolute atomic E-state index is 0.0872. The van der Waals surface area contributed by atoms with Crippen molar-refractivity contribution in [3.63, 3.8) is 0 Å². The molecule has 0 aliphatic carbocycles. The number of halogens is 2. The molecule has 0 saturated carbocycles. The Kier molecular flexibility index (Phi) is 4.95. The molecule has 0 aliphatic heterocycles. The summed E-state index contributed by atoms with van der Waals surface area (Å²) in [6.07, 6.45) is 0. The van der Waals surface area contributed by atoms with E-state index in [1.165, 1.54) is 0 Å². The van der Waals surface area contributed by atoms with E-state index in [-0.39, 0.29) is 5.56 Å².